The van der Waals surface area contributed by atoms with Gasteiger partial charge in [-0.1, -0.05) is 30.3 Å². The van der Waals surface area contributed by atoms with E-state index >= 15 is 0 Å². The summed E-state index contributed by atoms with van der Waals surface area (Å²) in [6, 6.07) is 12.4. The fraction of sp³-hybridized carbons (Fsp3) is 0.143. The highest BCUT2D eigenvalue weighted by Gasteiger charge is 2.27. The minimum absolute atomic E-state index is 0.0426. The van der Waals surface area contributed by atoms with Crippen LogP contribution in [0.15, 0.2) is 65.0 Å². The summed E-state index contributed by atoms with van der Waals surface area (Å²) >= 11 is 0.964. The van der Waals surface area contributed by atoms with E-state index in [0.717, 1.165) is 42.9 Å². The summed E-state index contributed by atoms with van der Waals surface area (Å²) in [6.07, 6.45) is 2.93. The first-order valence-electron chi connectivity index (χ1n) is 9.91. The van der Waals surface area contributed by atoms with Gasteiger partial charge in [-0.2, -0.15) is 4.98 Å². The molecule has 1 aliphatic rings. The van der Waals surface area contributed by atoms with Crippen molar-refractivity contribution in [2.75, 3.05) is 5.32 Å². The van der Waals surface area contributed by atoms with Crippen LogP contribution in [-0.2, 0) is 0 Å². The van der Waals surface area contributed by atoms with Crippen molar-refractivity contribution in [1.82, 2.24) is 24.7 Å². The monoisotopic (exact) mass is 467 g/mol. The maximum Gasteiger partial charge on any atom is 0.329 e. The van der Waals surface area contributed by atoms with Crippen molar-refractivity contribution >= 4 is 23.3 Å². The molecule has 166 valence electrons. The number of hydrogen-bond donors (Lipinski definition) is 1. The Balaban J connectivity index is 1.59. The van der Waals surface area contributed by atoms with E-state index in [1.165, 1.54) is 10.6 Å². The Kier molecular flexibility index (Phi) is 5.42. The molecule has 9 nitrogen and oxygen atoms in total. The minimum atomic E-state index is -0.797. The first-order valence-corrected chi connectivity index (χ1v) is 10.7. The van der Waals surface area contributed by atoms with Gasteiger partial charge in [-0.25, -0.2) is 13.8 Å². The Morgan fingerprint density at radius 3 is 2.61 bits per heavy atom. The van der Waals surface area contributed by atoms with Crippen LogP contribution in [0.5, 0.6) is 0 Å². The number of nitrogens with one attached hydrogen (secondary N) is 1. The molecular formula is C21H15F2N7O2S. The average Bonchev–Trinajstić information content (AvgIpc) is 3.52. The van der Waals surface area contributed by atoms with Gasteiger partial charge in [-0.15, -0.1) is 10.2 Å². The molecule has 4 aromatic rings. The van der Waals surface area contributed by atoms with E-state index < -0.39 is 16.6 Å². The molecule has 0 radical (unpaired) electrons. The van der Waals surface area contributed by atoms with E-state index in [1.807, 2.05) is 6.07 Å². The predicted octanol–water partition coefficient (Wildman–Crippen LogP) is 4.64. The molecule has 0 amide bonds. The van der Waals surface area contributed by atoms with Gasteiger partial charge < -0.3 is 5.32 Å². The van der Waals surface area contributed by atoms with Crippen LogP contribution < -0.4 is 5.32 Å². The second-order valence-corrected chi connectivity index (χ2v) is 8.20. The van der Waals surface area contributed by atoms with Crippen molar-refractivity contribution in [1.29, 1.82) is 0 Å². The van der Waals surface area contributed by atoms with E-state index in [-0.39, 0.29) is 33.5 Å². The molecule has 1 aliphatic carbocycles. The number of rotatable bonds is 7. The van der Waals surface area contributed by atoms with E-state index in [4.69, 9.17) is 0 Å². The zero-order valence-electron chi connectivity index (χ0n) is 16.9. The predicted molar refractivity (Wildman–Crippen MR) is 116 cm³/mol. The fourth-order valence-electron chi connectivity index (χ4n) is 3.14. The largest absolute Gasteiger partial charge is 0.361 e. The molecule has 12 heteroatoms. The molecular weight excluding hydrogens is 452 g/mol. The van der Waals surface area contributed by atoms with Gasteiger partial charge in [-0.05, 0) is 36.7 Å². The van der Waals surface area contributed by atoms with E-state index in [0.29, 0.717) is 11.4 Å². The smallest absolute Gasteiger partial charge is 0.329 e. The number of anilines is 1. The van der Waals surface area contributed by atoms with Gasteiger partial charge in [0, 0.05) is 17.7 Å². The molecule has 2 aromatic carbocycles. The Morgan fingerprint density at radius 2 is 1.91 bits per heavy atom. The third-order valence-corrected chi connectivity index (χ3v) is 5.69. The van der Waals surface area contributed by atoms with Crippen molar-refractivity contribution < 1.29 is 13.7 Å². The van der Waals surface area contributed by atoms with Crippen LogP contribution in [0.1, 0.15) is 12.8 Å². The Morgan fingerprint density at radius 1 is 1.12 bits per heavy atom. The molecule has 0 aliphatic heterocycles. The van der Waals surface area contributed by atoms with Gasteiger partial charge in [0.1, 0.15) is 17.8 Å². The van der Waals surface area contributed by atoms with Gasteiger partial charge in [0.15, 0.2) is 11.0 Å². The molecule has 0 spiro atoms. The highest BCUT2D eigenvalue weighted by molar-refractivity contribution is 7.99. The van der Waals surface area contributed by atoms with Crippen LogP contribution in [0.25, 0.3) is 17.1 Å². The zero-order valence-corrected chi connectivity index (χ0v) is 17.7. The molecule has 1 N–H and O–H groups in total. The highest BCUT2D eigenvalue weighted by atomic mass is 32.2. The molecule has 0 unspecified atom stereocenters. The van der Waals surface area contributed by atoms with Crippen LogP contribution in [0, 0.1) is 21.7 Å². The molecule has 0 saturated heterocycles. The normalized spacial score (nSPS) is 13.2. The lowest BCUT2D eigenvalue weighted by Gasteiger charge is -2.11. The zero-order chi connectivity index (χ0) is 22.9. The maximum absolute atomic E-state index is 14.7. The number of benzene rings is 2. The second-order valence-electron chi connectivity index (χ2n) is 7.27. The minimum Gasteiger partial charge on any atom is -0.361 e. The first-order chi connectivity index (χ1) is 16.0. The van der Waals surface area contributed by atoms with Crippen molar-refractivity contribution in [3.8, 4) is 17.1 Å². The summed E-state index contributed by atoms with van der Waals surface area (Å²) < 4.78 is 29.7. The van der Waals surface area contributed by atoms with Crippen LogP contribution in [0.3, 0.4) is 0 Å². The molecule has 33 heavy (non-hydrogen) atoms. The highest BCUT2D eigenvalue weighted by Crippen LogP contribution is 2.34. The third kappa shape index (κ3) is 4.37. The Hall–Kier alpha value is -3.93. The summed E-state index contributed by atoms with van der Waals surface area (Å²) in [5.74, 6) is -1.06. The summed E-state index contributed by atoms with van der Waals surface area (Å²) in [7, 11) is 0. The van der Waals surface area contributed by atoms with E-state index in [1.54, 1.807) is 24.3 Å². The van der Waals surface area contributed by atoms with Crippen LogP contribution in [0.2, 0.25) is 0 Å². The molecule has 0 bridgehead atoms. The van der Waals surface area contributed by atoms with Crippen LogP contribution in [0.4, 0.5) is 20.3 Å². The Bertz CT molecular complexity index is 1350. The fourth-order valence-corrected chi connectivity index (χ4v) is 3.90. The second kappa shape index (κ2) is 8.54. The average molecular weight is 467 g/mol. The number of aromatic nitrogens is 5. The van der Waals surface area contributed by atoms with Crippen molar-refractivity contribution in [3.05, 3.63) is 76.5 Å². The van der Waals surface area contributed by atoms with Crippen LogP contribution in [-0.4, -0.2) is 35.7 Å². The first kappa shape index (κ1) is 20.9. The molecule has 2 heterocycles. The van der Waals surface area contributed by atoms with Gasteiger partial charge >= 0.3 is 5.69 Å². The lowest BCUT2D eigenvalue weighted by molar-refractivity contribution is -0.384. The van der Waals surface area contributed by atoms with Crippen molar-refractivity contribution in [3.63, 3.8) is 0 Å². The number of halogens is 2. The van der Waals surface area contributed by atoms with Crippen molar-refractivity contribution in [2.24, 2.45) is 0 Å². The SMILES string of the molecule is O=[N+]([O-])c1cnc(Sc2nnc(-c3ccccc3)n2-c2ccc(F)cc2F)nc1NC1CC1. The molecule has 1 saturated carbocycles. The summed E-state index contributed by atoms with van der Waals surface area (Å²) in [5, 5.41) is 23.1. The standard InChI is InChI=1S/C21H15F2N7O2S/c22-13-6-9-16(15(23)10-13)29-19(12-4-2-1-3-5-12)27-28-21(29)33-20-24-11-17(30(31)32)18(26-20)25-14-7-8-14/h1-6,9-11,14H,7-8H2,(H,24,25,26). The van der Waals surface area contributed by atoms with Gasteiger partial charge in [-0.3, -0.25) is 14.7 Å². The van der Waals surface area contributed by atoms with Gasteiger partial charge in [0.2, 0.25) is 11.0 Å². The van der Waals surface area contributed by atoms with E-state index in [2.05, 4.69) is 25.5 Å². The third-order valence-electron chi connectivity index (χ3n) is 4.86. The maximum atomic E-state index is 14.7. The molecule has 0 atom stereocenters. The van der Waals surface area contributed by atoms with Gasteiger partial charge in [0.05, 0.1) is 10.6 Å². The topological polar surface area (TPSA) is 112 Å². The lowest BCUT2D eigenvalue weighted by atomic mass is 10.2. The molecule has 5 rings (SSSR count). The van der Waals surface area contributed by atoms with Gasteiger partial charge in [0.25, 0.3) is 0 Å². The number of nitro groups is 1. The number of nitrogens with zero attached hydrogens (tertiary/aromatic N) is 6. The number of hydrogen-bond acceptors (Lipinski definition) is 8. The summed E-state index contributed by atoms with van der Waals surface area (Å²) in [4.78, 5) is 19.1. The summed E-state index contributed by atoms with van der Waals surface area (Å²) in [6.45, 7) is 0. The molecule has 2 aromatic heterocycles. The quantitative estimate of drug-likeness (QED) is 0.238. The van der Waals surface area contributed by atoms with Crippen LogP contribution >= 0.6 is 11.8 Å². The van der Waals surface area contributed by atoms with Crippen molar-refractivity contribution in [2.45, 2.75) is 29.2 Å². The molecule has 1 fully saturated rings. The lowest BCUT2D eigenvalue weighted by Crippen LogP contribution is -2.08. The van der Waals surface area contributed by atoms with E-state index in [9.17, 15) is 18.9 Å². The Labute approximate surface area is 190 Å². The summed E-state index contributed by atoms with van der Waals surface area (Å²) in [5.41, 5.74) is 0.476.